The predicted octanol–water partition coefficient (Wildman–Crippen LogP) is 3.72. The Bertz CT molecular complexity index is 1190. The van der Waals surface area contributed by atoms with E-state index in [2.05, 4.69) is 0 Å². The second kappa shape index (κ2) is 8.56. The minimum atomic E-state index is -0.565. The highest BCUT2D eigenvalue weighted by Crippen LogP contribution is 2.38. The Balaban J connectivity index is 1.25. The number of anilines is 2. The number of imide groups is 1. The summed E-state index contributed by atoms with van der Waals surface area (Å²) >= 11 is 0. The largest absolute Gasteiger partial charge is 0.426 e. The lowest BCUT2D eigenvalue weighted by molar-refractivity contribution is -0.139. The Morgan fingerprint density at radius 1 is 0.912 bits per heavy atom. The van der Waals surface area contributed by atoms with E-state index in [0.29, 0.717) is 24.3 Å². The summed E-state index contributed by atoms with van der Waals surface area (Å²) in [6.45, 7) is 4.18. The van der Waals surface area contributed by atoms with Gasteiger partial charge >= 0.3 is 5.97 Å². The van der Waals surface area contributed by atoms with Crippen molar-refractivity contribution in [2.24, 2.45) is 17.8 Å². The number of carbonyl (C=O) groups is 4. The number of aryl methyl sites for hydroxylation is 2. The predicted molar refractivity (Wildman–Crippen MR) is 126 cm³/mol. The maximum Gasteiger partial charge on any atom is 0.316 e. The molecule has 0 spiro atoms. The number of nitrogens with zero attached hydrogens (tertiary/aromatic N) is 2. The van der Waals surface area contributed by atoms with E-state index in [4.69, 9.17) is 4.74 Å². The van der Waals surface area contributed by atoms with E-state index in [0.717, 1.165) is 16.8 Å². The van der Waals surface area contributed by atoms with Gasteiger partial charge in [0, 0.05) is 18.7 Å². The number of hydrogen-bond donors (Lipinski definition) is 0. The van der Waals surface area contributed by atoms with Gasteiger partial charge in [0.2, 0.25) is 17.7 Å². The van der Waals surface area contributed by atoms with Gasteiger partial charge in [-0.15, -0.1) is 0 Å². The zero-order valence-electron chi connectivity index (χ0n) is 19.2. The topological polar surface area (TPSA) is 84.0 Å². The molecule has 0 N–H and O–H groups in total. The van der Waals surface area contributed by atoms with Crippen LogP contribution in [0.5, 0.6) is 5.75 Å². The standard InChI is InChI=1S/C27H26N2O5/c1-16-7-8-17(2)23(13-16)28-15-18(14-24(28)30)27(33)34-20-11-9-19(10-12-20)29-25(31)21-5-3-4-6-22(21)26(29)32/h3-4,7-13,18,21-22H,5-6,14-15H2,1-2H3/t18-,21-,22+/m1/s1. The molecule has 174 valence electrons. The van der Waals surface area contributed by atoms with Crippen LogP contribution in [0.2, 0.25) is 0 Å². The number of ether oxygens (including phenoxy) is 1. The van der Waals surface area contributed by atoms with Crippen molar-refractivity contribution in [1.29, 1.82) is 0 Å². The van der Waals surface area contributed by atoms with Gasteiger partial charge in [-0.1, -0.05) is 24.3 Å². The maximum atomic E-state index is 12.8. The van der Waals surface area contributed by atoms with Crippen LogP contribution in [-0.2, 0) is 19.2 Å². The normalized spacial score (nSPS) is 24.1. The Morgan fingerprint density at radius 3 is 2.21 bits per heavy atom. The van der Waals surface area contributed by atoms with Crippen LogP contribution in [0.3, 0.4) is 0 Å². The molecular formula is C27H26N2O5. The summed E-state index contributed by atoms with van der Waals surface area (Å²) in [5, 5.41) is 0. The number of carbonyl (C=O) groups excluding carboxylic acids is 4. The third-order valence-corrected chi connectivity index (χ3v) is 6.93. The van der Waals surface area contributed by atoms with Crippen molar-refractivity contribution in [2.75, 3.05) is 16.3 Å². The van der Waals surface area contributed by atoms with Crippen LogP contribution in [0.25, 0.3) is 0 Å². The molecule has 2 fully saturated rings. The molecule has 5 rings (SSSR count). The lowest BCUT2D eigenvalue weighted by atomic mass is 9.85. The van der Waals surface area contributed by atoms with Crippen molar-refractivity contribution in [3.63, 3.8) is 0 Å². The zero-order chi connectivity index (χ0) is 24.0. The van der Waals surface area contributed by atoms with Gasteiger partial charge in [0.15, 0.2) is 0 Å². The highest BCUT2D eigenvalue weighted by atomic mass is 16.5. The first-order valence-corrected chi connectivity index (χ1v) is 11.6. The van der Waals surface area contributed by atoms with Crippen LogP contribution in [0.4, 0.5) is 11.4 Å². The number of allylic oxidation sites excluding steroid dienone is 2. The van der Waals surface area contributed by atoms with Crippen molar-refractivity contribution in [2.45, 2.75) is 33.1 Å². The summed E-state index contributed by atoms with van der Waals surface area (Å²) in [6.07, 6.45) is 5.17. The molecule has 2 heterocycles. The second-order valence-corrected chi connectivity index (χ2v) is 9.28. The molecule has 7 heteroatoms. The fourth-order valence-corrected chi connectivity index (χ4v) is 5.03. The van der Waals surface area contributed by atoms with Crippen LogP contribution in [-0.4, -0.2) is 30.2 Å². The summed E-state index contributed by atoms with van der Waals surface area (Å²) in [5.74, 6) is -1.79. The van der Waals surface area contributed by atoms with Gasteiger partial charge in [0.05, 0.1) is 23.4 Å². The molecule has 0 unspecified atom stereocenters. The van der Waals surface area contributed by atoms with E-state index < -0.39 is 11.9 Å². The number of esters is 1. The SMILES string of the molecule is Cc1ccc(C)c(N2C[C@H](C(=O)Oc3ccc(N4C(=O)[C@H]5CC=CC[C@H]5C4=O)cc3)CC2=O)c1. The first-order valence-electron chi connectivity index (χ1n) is 11.6. The van der Waals surface area contributed by atoms with Gasteiger partial charge < -0.3 is 9.64 Å². The van der Waals surface area contributed by atoms with Crippen molar-refractivity contribution < 1.29 is 23.9 Å². The van der Waals surface area contributed by atoms with Crippen LogP contribution in [0.1, 0.15) is 30.4 Å². The monoisotopic (exact) mass is 458 g/mol. The van der Waals surface area contributed by atoms with E-state index in [-0.39, 0.29) is 42.5 Å². The molecule has 2 aromatic carbocycles. The third-order valence-electron chi connectivity index (χ3n) is 6.93. The van der Waals surface area contributed by atoms with Crippen molar-refractivity contribution >= 4 is 35.1 Å². The molecule has 0 bridgehead atoms. The first-order chi connectivity index (χ1) is 16.3. The van der Waals surface area contributed by atoms with E-state index >= 15 is 0 Å². The third kappa shape index (κ3) is 3.81. The molecule has 0 saturated carbocycles. The van der Waals surface area contributed by atoms with Crippen LogP contribution in [0.15, 0.2) is 54.6 Å². The fourth-order valence-electron chi connectivity index (χ4n) is 5.03. The van der Waals surface area contributed by atoms with Gasteiger partial charge in [-0.05, 0) is 68.1 Å². The number of amides is 3. The number of rotatable bonds is 4. The Hall–Kier alpha value is -3.74. The van der Waals surface area contributed by atoms with E-state index in [1.54, 1.807) is 29.2 Å². The molecule has 7 nitrogen and oxygen atoms in total. The molecular weight excluding hydrogens is 432 g/mol. The van der Waals surface area contributed by atoms with Gasteiger partial charge in [-0.25, -0.2) is 0 Å². The summed E-state index contributed by atoms with van der Waals surface area (Å²) < 4.78 is 5.53. The zero-order valence-corrected chi connectivity index (χ0v) is 19.2. The van der Waals surface area contributed by atoms with E-state index in [1.165, 1.54) is 4.90 Å². The highest BCUT2D eigenvalue weighted by molar-refractivity contribution is 6.22. The quantitative estimate of drug-likeness (QED) is 0.302. The van der Waals surface area contributed by atoms with Gasteiger partial charge in [0.25, 0.3) is 0 Å². The van der Waals surface area contributed by atoms with Crippen LogP contribution < -0.4 is 14.5 Å². The summed E-state index contributed by atoms with van der Waals surface area (Å²) in [5.41, 5.74) is 3.32. The molecule has 0 aromatic heterocycles. The molecule has 2 aliphatic heterocycles. The van der Waals surface area contributed by atoms with E-state index in [1.807, 2.05) is 44.2 Å². The van der Waals surface area contributed by atoms with Crippen molar-refractivity contribution in [1.82, 2.24) is 0 Å². The number of benzene rings is 2. The maximum absolute atomic E-state index is 12.8. The second-order valence-electron chi connectivity index (χ2n) is 9.28. The molecule has 3 aliphatic rings. The first kappa shape index (κ1) is 22.1. The average molecular weight is 459 g/mol. The fraction of sp³-hybridized carbons (Fsp3) is 0.333. The minimum Gasteiger partial charge on any atom is -0.426 e. The van der Waals surface area contributed by atoms with Gasteiger partial charge in [0.1, 0.15) is 5.75 Å². The molecule has 1 aliphatic carbocycles. The molecule has 0 radical (unpaired) electrons. The average Bonchev–Trinajstić information content (AvgIpc) is 3.34. The highest BCUT2D eigenvalue weighted by Gasteiger charge is 2.47. The van der Waals surface area contributed by atoms with Gasteiger partial charge in [-0.2, -0.15) is 0 Å². The lowest BCUT2D eigenvalue weighted by Crippen LogP contribution is -2.30. The minimum absolute atomic E-state index is 0.0951. The summed E-state index contributed by atoms with van der Waals surface area (Å²) in [7, 11) is 0. The number of fused-ring (bicyclic) bond motifs is 1. The smallest absolute Gasteiger partial charge is 0.316 e. The number of hydrogen-bond acceptors (Lipinski definition) is 5. The molecule has 3 amide bonds. The molecule has 34 heavy (non-hydrogen) atoms. The molecule has 3 atom stereocenters. The van der Waals surface area contributed by atoms with E-state index in [9.17, 15) is 19.2 Å². The van der Waals surface area contributed by atoms with Crippen molar-refractivity contribution in [3.8, 4) is 5.75 Å². The van der Waals surface area contributed by atoms with Crippen molar-refractivity contribution in [3.05, 3.63) is 65.7 Å². The Labute approximate surface area is 198 Å². The Kier molecular flexibility index (Phi) is 5.55. The summed E-state index contributed by atoms with van der Waals surface area (Å²) in [6, 6.07) is 12.3. The Morgan fingerprint density at radius 2 is 1.56 bits per heavy atom. The van der Waals surface area contributed by atoms with Gasteiger partial charge in [-0.3, -0.25) is 24.1 Å². The molecule has 2 saturated heterocycles. The molecule has 2 aromatic rings. The summed E-state index contributed by atoms with van der Waals surface area (Å²) in [4.78, 5) is 53.8. The lowest BCUT2D eigenvalue weighted by Gasteiger charge is -2.19. The van der Waals surface area contributed by atoms with Crippen LogP contribution >= 0.6 is 0 Å². The van der Waals surface area contributed by atoms with Crippen LogP contribution in [0, 0.1) is 31.6 Å².